The van der Waals surface area contributed by atoms with Gasteiger partial charge in [0.15, 0.2) is 0 Å². The van der Waals surface area contributed by atoms with Gasteiger partial charge in [-0.1, -0.05) is 28.1 Å². The molecule has 1 nitrogen and oxygen atoms in total. The van der Waals surface area contributed by atoms with Gasteiger partial charge in [-0.2, -0.15) is 0 Å². The van der Waals surface area contributed by atoms with Crippen LogP contribution in [0, 0.1) is 0 Å². The zero-order chi connectivity index (χ0) is 9.80. The first-order chi connectivity index (χ1) is 6.90. The fourth-order valence-electron chi connectivity index (χ4n) is 1.55. The number of benzene rings is 1. The monoisotopic (exact) mass is 249 g/mol. The minimum absolute atomic E-state index is 1.07. The first kappa shape index (κ1) is 9.66. The molecule has 1 aromatic heterocycles. The lowest BCUT2D eigenvalue weighted by Crippen LogP contribution is -1.86. The van der Waals surface area contributed by atoms with Crippen molar-refractivity contribution in [2.45, 2.75) is 12.8 Å². The van der Waals surface area contributed by atoms with Crippen molar-refractivity contribution in [3.63, 3.8) is 0 Å². The highest BCUT2D eigenvalue weighted by molar-refractivity contribution is 9.09. The third kappa shape index (κ3) is 2.13. The van der Waals surface area contributed by atoms with Crippen molar-refractivity contribution < 1.29 is 0 Å². The summed E-state index contributed by atoms with van der Waals surface area (Å²) in [5, 5.41) is 2.30. The lowest BCUT2D eigenvalue weighted by molar-refractivity contribution is 0.941. The second kappa shape index (κ2) is 4.56. The van der Waals surface area contributed by atoms with Crippen LogP contribution in [0.15, 0.2) is 36.5 Å². The maximum Gasteiger partial charge on any atom is 0.0702 e. The van der Waals surface area contributed by atoms with Crippen LogP contribution in [0.2, 0.25) is 0 Å². The maximum atomic E-state index is 4.29. The highest BCUT2D eigenvalue weighted by atomic mass is 79.9. The second-order valence-corrected chi connectivity index (χ2v) is 4.12. The van der Waals surface area contributed by atoms with E-state index in [4.69, 9.17) is 0 Å². The zero-order valence-electron chi connectivity index (χ0n) is 7.91. The van der Waals surface area contributed by atoms with Gasteiger partial charge in [0.25, 0.3) is 0 Å². The molecule has 0 saturated carbocycles. The van der Waals surface area contributed by atoms with Gasteiger partial charge in [-0.05, 0) is 36.6 Å². The standard InChI is InChI=1S/C12H12BrN/c13-7-1-3-10-5-6-12-11(9-10)4-2-8-14-12/h2,4-6,8-9H,1,3,7H2. The largest absolute Gasteiger partial charge is 0.256 e. The number of aryl methyl sites for hydroxylation is 1. The minimum Gasteiger partial charge on any atom is -0.256 e. The van der Waals surface area contributed by atoms with Gasteiger partial charge < -0.3 is 0 Å². The molecule has 0 aliphatic carbocycles. The van der Waals surface area contributed by atoms with Crippen LogP contribution in [0.1, 0.15) is 12.0 Å². The van der Waals surface area contributed by atoms with Crippen molar-refractivity contribution in [1.29, 1.82) is 0 Å². The number of fused-ring (bicyclic) bond motifs is 1. The van der Waals surface area contributed by atoms with E-state index < -0.39 is 0 Å². The number of hydrogen-bond acceptors (Lipinski definition) is 1. The molecular weight excluding hydrogens is 238 g/mol. The summed E-state index contributed by atoms with van der Waals surface area (Å²) in [7, 11) is 0. The van der Waals surface area contributed by atoms with Gasteiger partial charge in [0.1, 0.15) is 0 Å². The van der Waals surface area contributed by atoms with Gasteiger partial charge in [-0.15, -0.1) is 0 Å². The molecule has 0 spiro atoms. The Morgan fingerprint density at radius 3 is 3.00 bits per heavy atom. The quantitative estimate of drug-likeness (QED) is 0.759. The lowest BCUT2D eigenvalue weighted by atomic mass is 10.1. The number of halogens is 1. The van der Waals surface area contributed by atoms with Crippen LogP contribution in [0.4, 0.5) is 0 Å². The van der Waals surface area contributed by atoms with Crippen LogP contribution >= 0.6 is 15.9 Å². The molecule has 2 rings (SSSR count). The number of alkyl halides is 1. The second-order valence-electron chi connectivity index (χ2n) is 3.32. The lowest BCUT2D eigenvalue weighted by Gasteiger charge is -2.01. The van der Waals surface area contributed by atoms with Crippen molar-refractivity contribution in [2.24, 2.45) is 0 Å². The molecule has 1 aromatic carbocycles. The third-order valence-corrected chi connectivity index (χ3v) is 2.83. The highest BCUT2D eigenvalue weighted by Gasteiger charge is 1.96. The first-order valence-corrected chi connectivity index (χ1v) is 5.92. The average Bonchev–Trinajstić information content (AvgIpc) is 2.26. The van der Waals surface area contributed by atoms with Crippen LogP contribution in [-0.4, -0.2) is 10.3 Å². The zero-order valence-corrected chi connectivity index (χ0v) is 9.50. The van der Waals surface area contributed by atoms with Crippen LogP contribution in [-0.2, 0) is 6.42 Å². The van der Waals surface area contributed by atoms with Gasteiger partial charge in [0.05, 0.1) is 5.52 Å². The number of hydrogen-bond donors (Lipinski definition) is 0. The molecule has 2 aromatic rings. The summed E-state index contributed by atoms with van der Waals surface area (Å²) in [4.78, 5) is 4.29. The Hall–Kier alpha value is -0.890. The van der Waals surface area contributed by atoms with Gasteiger partial charge in [-0.3, -0.25) is 4.98 Å². The summed E-state index contributed by atoms with van der Waals surface area (Å²) < 4.78 is 0. The molecule has 1 heterocycles. The molecule has 0 unspecified atom stereocenters. The Kier molecular flexibility index (Phi) is 3.14. The molecule has 0 N–H and O–H groups in total. The van der Waals surface area contributed by atoms with E-state index in [2.05, 4.69) is 45.2 Å². The molecular formula is C12H12BrN. The van der Waals surface area contributed by atoms with Crippen molar-refractivity contribution in [3.05, 3.63) is 42.1 Å². The molecule has 0 radical (unpaired) electrons. The van der Waals surface area contributed by atoms with Crippen molar-refractivity contribution in [1.82, 2.24) is 4.98 Å². The van der Waals surface area contributed by atoms with Gasteiger partial charge in [0, 0.05) is 16.9 Å². The molecule has 0 aliphatic rings. The van der Waals surface area contributed by atoms with E-state index >= 15 is 0 Å². The Balaban J connectivity index is 2.32. The molecule has 72 valence electrons. The molecule has 0 aliphatic heterocycles. The minimum atomic E-state index is 1.07. The van der Waals surface area contributed by atoms with E-state index in [1.54, 1.807) is 0 Å². The Morgan fingerprint density at radius 1 is 1.21 bits per heavy atom. The number of nitrogens with zero attached hydrogens (tertiary/aromatic N) is 1. The fraction of sp³-hybridized carbons (Fsp3) is 0.250. The topological polar surface area (TPSA) is 12.9 Å². The van der Waals surface area contributed by atoms with E-state index in [-0.39, 0.29) is 0 Å². The Bertz CT molecular complexity index is 425. The van der Waals surface area contributed by atoms with Crippen LogP contribution in [0.5, 0.6) is 0 Å². The summed E-state index contributed by atoms with van der Waals surface area (Å²) in [6, 6.07) is 10.6. The maximum absolute atomic E-state index is 4.29. The molecule has 2 heteroatoms. The smallest absolute Gasteiger partial charge is 0.0702 e. The molecule has 0 bridgehead atoms. The summed E-state index contributed by atoms with van der Waals surface area (Å²) in [6.07, 6.45) is 4.16. The highest BCUT2D eigenvalue weighted by Crippen LogP contribution is 2.14. The Morgan fingerprint density at radius 2 is 2.14 bits per heavy atom. The SMILES string of the molecule is BrCCCc1ccc2ncccc2c1. The van der Waals surface area contributed by atoms with Gasteiger partial charge >= 0.3 is 0 Å². The molecule has 0 amide bonds. The number of aromatic nitrogens is 1. The predicted molar refractivity (Wildman–Crippen MR) is 63.9 cm³/mol. The molecule has 0 atom stereocenters. The average molecular weight is 250 g/mol. The normalized spacial score (nSPS) is 10.6. The van der Waals surface area contributed by atoms with E-state index in [1.165, 1.54) is 17.4 Å². The summed E-state index contributed by atoms with van der Waals surface area (Å²) >= 11 is 3.44. The number of pyridine rings is 1. The fourth-order valence-corrected chi connectivity index (χ4v) is 1.83. The summed E-state index contributed by atoms with van der Waals surface area (Å²) in [6.45, 7) is 0. The van der Waals surface area contributed by atoms with Gasteiger partial charge in [-0.25, -0.2) is 0 Å². The van der Waals surface area contributed by atoms with Crippen molar-refractivity contribution in [3.8, 4) is 0 Å². The number of rotatable bonds is 3. The third-order valence-electron chi connectivity index (χ3n) is 2.27. The molecule has 0 fully saturated rings. The molecule has 14 heavy (non-hydrogen) atoms. The van der Waals surface area contributed by atoms with Crippen LogP contribution < -0.4 is 0 Å². The predicted octanol–water partition coefficient (Wildman–Crippen LogP) is 3.56. The van der Waals surface area contributed by atoms with E-state index in [1.807, 2.05) is 12.3 Å². The summed E-state index contributed by atoms with van der Waals surface area (Å²) in [5.74, 6) is 0. The first-order valence-electron chi connectivity index (χ1n) is 4.80. The molecule has 0 saturated heterocycles. The van der Waals surface area contributed by atoms with Crippen LogP contribution in [0.25, 0.3) is 10.9 Å². The van der Waals surface area contributed by atoms with Crippen molar-refractivity contribution >= 4 is 26.8 Å². The van der Waals surface area contributed by atoms with Crippen molar-refractivity contribution in [2.75, 3.05) is 5.33 Å². The van der Waals surface area contributed by atoms with E-state index in [0.717, 1.165) is 17.3 Å². The van der Waals surface area contributed by atoms with E-state index in [9.17, 15) is 0 Å². The summed E-state index contributed by atoms with van der Waals surface area (Å²) in [5.41, 5.74) is 2.47. The van der Waals surface area contributed by atoms with Crippen LogP contribution in [0.3, 0.4) is 0 Å². The van der Waals surface area contributed by atoms with Gasteiger partial charge in [0.2, 0.25) is 0 Å². The Labute approximate surface area is 92.3 Å². The van der Waals surface area contributed by atoms with E-state index in [0.29, 0.717) is 0 Å².